The standard InChI is InChI=1S/C17H14N2O2/c1-2-11-21-13-9-7-12(8-10-13)16-18-15-6-4-3-5-14(15)17(20)19-16/h2-10H,1,11H2,(H,18,19,20). The molecule has 4 nitrogen and oxygen atoms in total. The van der Waals surface area contributed by atoms with Crippen LogP contribution in [0.15, 0.2) is 66.0 Å². The lowest BCUT2D eigenvalue weighted by molar-refractivity contribution is 0.363. The van der Waals surface area contributed by atoms with E-state index in [4.69, 9.17) is 4.74 Å². The highest BCUT2D eigenvalue weighted by atomic mass is 16.5. The van der Waals surface area contributed by atoms with E-state index in [9.17, 15) is 4.79 Å². The van der Waals surface area contributed by atoms with Gasteiger partial charge in [0.1, 0.15) is 18.2 Å². The summed E-state index contributed by atoms with van der Waals surface area (Å²) in [4.78, 5) is 19.3. The lowest BCUT2D eigenvalue weighted by atomic mass is 10.2. The maximum absolute atomic E-state index is 12.0. The molecule has 0 aliphatic carbocycles. The number of hydrogen-bond acceptors (Lipinski definition) is 3. The summed E-state index contributed by atoms with van der Waals surface area (Å²) in [6.07, 6.45) is 1.69. The van der Waals surface area contributed by atoms with Crippen LogP contribution < -0.4 is 10.3 Å². The molecule has 0 saturated carbocycles. The highest BCUT2D eigenvalue weighted by molar-refractivity contribution is 5.79. The molecule has 0 atom stereocenters. The number of ether oxygens (including phenoxy) is 1. The number of aromatic nitrogens is 2. The van der Waals surface area contributed by atoms with Gasteiger partial charge in [-0.2, -0.15) is 0 Å². The summed E-state index contributed by atoms with van der Waals surface area (Å²) in [5.41, 5.74) is 1.38. The molecule has 3 rings (SSSR count). The van der Waals surface area contributed by atoms with Crippen molar-refractivity contribution in [2.75, 3.05) is 6.61 Å². The molecule has 0 radical (unpaired) electrons. The van der Waals surface area contributed by atoms with Crippen molar-refractivity contribution in [3.63, 3.8) is 0 Å². The second kappa shape index (κ2) is 5.63. The summed E-state index contributed by atoms with van der Waals surface area (Å²) in [6.45, 7) is 4.07. The van der Waals surface area contributed by atoms with Gasteiger partial charge in [0.2, 0.25) is 0 Å². The Morgan fingerprint density at radius 1 is 1.14 bits per heavy atom. The fourth-order valence-corrected chi connectivity index (χ4v) is 2.09. The molecule has 0 unspecified atom stereocenters. The monoisotopic (exact) mass is 278 g/mol. The molecule has 3 aromatic rings. The second-order valence-corrected chi connectivity index (χ2v) is 4.56. The molecule has 104 valence electrons. The Kier molecular flexibility index (Phi) is 3.51. The Labute approximate surface area is 121 Å². The van der Waals surface area contributed by atoms with Crippen LogP contribution in [0.25, 0.3) is 22.3 Å². The lowest BCUT2D eigenvalue weighted by Gasteiger charge is -2.05. The van der Waals surface area contributed by atoms with Crippen molar-refractivity contribution >= 4 is 10.9 Å². The van der Waals surface area contributed by atoms with E-state index >= 15 is 0 Å². The Hall–Kier alpha value is -2.88. The first-order valence-corrected chi connectivity index (χ1v) is 6.61. The summed E-state index contributed by atoms with van der Waals surface area (Å²) in [6, 6.07) is 14.7. The molecule has 0 fully saturated rings. The second-order valence-electron chi connectivity index (χ2n) is 4.56. The molecule has 0 spiro atoms. The van der Waals surface area contributed by atoms with E-state index in [-0.39, 0.29) is 5.56 Å². The van der Waals surface area contributed by atoms with Crippen molar-refractivity contribution in [2.24, 2.45) is 0 Å². The van der Waals surface area contributed by atoms with Crippen molar-refractivity contribution in [1.29, 1.82) is 0 Å². The Morgan fingerprint density at radius 2 is 1.90 bits per heavy atom. The molecule has 1 heterocycles. The molecule has 2 aromatic carbocycles. The lowest BCUT2D eigenvalue weighted by Crippen LogP contribution is -2.09. The molecular formula is C17H14N2O2. The third-order valence-electron chi connectivity index (χ3n) is 3.11. The number of benzene rings is 2. The minimum Gasteiger partial charge on any atom is -0.490 e. The van der Waals surface area contributed by atoms with Gasteiger partial charge in [0.15, 0.2) is 0 Å². The van der Waals surface area contributed by atoms with Crippen LogP contribution >= 0.6 is 0 Å². The van der Waals surface area contributed by atoms with E-state index in [0.717, 1.165) is 11.3 Å². The molecule has 21 heavy (non-hydrogen) atoms. The van der Waals surface area contributed by atoms with E-state index in [1.807, 2.05) is 42.5 Å². The van der Waals surface area contributed by atoms with E-state index in [1.165, 1.54) is 0 Å². The molecule has 4 heteroatoms. The Bertz CT molecular complexity index is 835. The largest absolute Gasteiger partial charge is 0.490 e. The van der Waals surface area contributed by atoms with E-state index in [1.54, 1.807) is 12.1 Å². The van der Waals surface area contributed by atoms with Gasteiger partial charge in [-0.15, -0.1) is 0 Å². The molecule has 0 aliphatic heterocycles. The summed E-state index contributed by atoms with van der Waals surface area (Å²) in [5.74, 6) is 1.30. The fourth-order valence-electron chi connectivity index (χ4n) is 2.09. The van der Waals surface area contributed by atoms with Gasteiger partial charge in [-0.1, -0.05) is 24.8 Å². The zero-order chi connectivity index (χ0) is 14.7. The molecular weight excluding hydrogens is 264 g/mol. The third-order valence-corrected chi connectivity index (χ3v) is 3.11. The number of para-hydroxylation sites is 1. The van der Waals surface area contributed by atoms with Crippen LogP contribution in [0.5, 0.6) is 5.75 Å². The fraction of sp³-hybridized carbons (Fsp3) is 0.0588. The zero-order valence-corrected chi connectivity index (χ0v) is 11.4. The van der Waals surface area contributed by atoms with Crippen LogP contribution in [-0.2, 0) is 0 Å². The number of H-pyrrole nitrogens is 1. The molecule has 0 aliphatic rings. The summed E-state index contributed by atoms with van der Waals surface area (Å²) >= 11 is 0. The molecule has 0 saturated heterocycles. The van der Waals surface area contributed by atoms with Crippen molar-refractivity contribution in [1.82, 2.24) is 9.97 Å². The highest BCUT2D eigenvalue weighted by Crippen LogP contribution is 2.20. The topological polar surface area (TPSA) is 55.0 Å². The number of aromatic amines is 1. The minimum atomic E-state index is -0.136. The predicted octanol–water partition coefficient (Wildman–Crippen LogP) is 3.15. The maximum Gasteiger partial charge on any atom is 0.259 e. The van der Waals surface area contributed by atoms with Gasteiger partial charge >= 0.3 is 0 Å². The highest BCUT2D eigenvalue weighted by Gasteiger charge is 2.05. The van der Waals surface area contributed by atoms with Gasteiger partial charge in [0.25, 0.3) is 5.56 Å². The first-order valence-electron chi connectivity index (χ1n) is 6.61. The van der Waals surface area contributed by atoms with Crippen molar-refractivity contribution in [3.8, 4) is 17.1 Å². The van der Waals surface area contributed by atoms with Gasteiger partial charge < -0.3 is 9.72 Å². The number of nitrogens with zero attached hydrogens (tertiary/aromatic N) is 1. The van der Waals surface area contributed by atoms with E-state index in [0.29, 0.717) is 23.3 Å². The quantitative estimate of drug-likeness (QED) is 0.746. The first kappa shape index (κ1) is 13.1. The van der Waals surface area contributed by atoms with Gasteiger partial charge in [-0.25, -0.2) is 4.98 Å². The normalized spacial score (nSPS) is 10.5. The molecule has 0 amide bonds. The van der Waals surface area contributed by atoms with E-state index in [2.05, 4.69) is 16.5 Å². The average molecular weight is 278 g/mol. The third kappa shape index (κ3) is 2.69. The van der Waals surface area contributed by atoms with Crippen molar-refractivity contribution in [2.45, 2.75) is 0 Å². The van der Waals surface area contributed by atoms with Gasteiger partial charge in [-0.05, 0) is 36.4 Å². The average Bonchev–Trinajstić information content (AvgIpc) is 2.53. The number of hydrogen-bond donors (Lipinski definition) is 1. The number of fused-ring (bicyclic) bond motifs is 1. The van der Waals surface area contributed by atoms with Crippen molar-refractivity contribution < 1.29 is 4.74 Å². The molecule has 1 aromatic heterocycles. The molecule has 0 bridgehead atoms. The van der Waals surface area contributed by atoms with Crippen LogP contribution in [-0.4, -0.2) is 16.6 Å². The maximum atomic E-state index is 12.0. The predicted molar refractivity (Wildman–Crippen MR) is 83.5 cm³/mol. The zero-order valence-electron chi connectivity index (χ0n) is 11.4. The van der Waals surface area contributed by atoms with Crippen LogP contribution in [0.4, 0.5) is 0 Å². The Balaban J connectivity index is 2.00. The van der Waals surface area contributed by atoms with Crippen molar-refractivity contribution in [3.05, 3.63) is 71.5 Å². The van der Waals surface area contributed by atoms with Crippen LogP contribution in [0.2, 0.25) is 0 Å². The van der Waals surface area contributed by atoms with Gasteiger partial charge in [0, 0.05) is 5.56 Å². The summed E-state index contributed by atoms with van der Waals surface area (Å²) < 4.78 is 5.43. The van der Waals surface area contributed by atoms with Crippen LogP contribution in [0.1, 0.15) is 0 Å². The minimum absolute atomic E-state index is 0.136. The van der Waals surface area contributed by atoms with Crippen LogP contribution in [0.3, 0.4) is 0 Å². The first-order chi connectivity index (χ1) is 10.3. The number of rotatable bonds is 4. The molecule has 1 N–H and O–H groups in total. The van der Waals surface area contributed by atoms with E-state index < -0.39 is 0 Å². The summed E-state index contributed by atoms with van der Waals surface area (Å²) in [7, 11) is 0. The SMILES string of the molecule is C=CCOc1ccc(-c2nc3ccccc3c(=O)[nH]2)cc1. The van der Waals surface area contributed by atoms with Crippen LogP contribution in [0, 0.1) is 0 Å². The summed E-state index contributed by atoms with van der Waals surface area (Å²) in [5, 5.41) is 0.590. The van der Waals surface area contributed by atoms with Gasteiger partial charge in [0.05, 0.1) is 10.9 Å². The smallest absolute Gasteiger partial charge is 0.259 e. The van der Waals surface area contributed by atoms with Gasteiger partial charge in [-0.3, -0.25) is 4.79 Å². The number of nitrogens with one attached hydrogen (secondary N) is 1. The Morgan fingerprint density at radius 3 is 2.67 bits per heavy atom.